The molecule has 0 unspecified atom stereocenters. The van der Waals surface area contributed by atoms with Crippen LogP contribution in [0.15, 0.2) is 88.7 Å². The van der Waals surface area contributed by atoms with Crippen molar-refractivity contribution in [3.8, 4) is 0 Å². The second-order valence-electron chi connectivity index (χ2n) is 7.41. The second-order valence-corrected chi connectivity index (χ2v) is 10.9. The largest absolute Gasteiger partial charge is 0.462 e. The molecule has 4 rings (SSSR count). The van der Waals surface area contributed by atoms with Gasteiger partial charge in [0, 0.05) is 16.8 Å². The van der Waals surface area contributed by atoms with Crippen LogP contribution in [0.25, 0.3) is 10.9 Å². The van der Waals surface area contributed by atoms with Crippen LogP contribution in [0.5, 0.6) is 0 Å². The molecule has 0 aliphatic rings. The lowest BCUT2D eigenvalue weighted by molar-refractivity contribution is 0.0528. The molecule has 1 aromatic heterocycles. The molecule has 0 aliphatic heterocycles. The van der Waals surface area contributed by atoms with Gasteiger partial charge in [-0.05, 0) is 56.3 Å². The van der Waals surface area contributed by atoms with Gasteiger partial charge in [0.15, 0.2) is 0 Å². The van der Waals surface area contributed by atoms with Crippen molar-refractivity contribution in [2.45, 2.75) is 23.6 Å². The van der Waals surface area contributed by atoms with E-state index in [1.165, 1.54) is 49.4 Å². The number of anilines is 1. The topological polar surface area (TPSA) is 112 Å². The summed E-state index contributed by atoms with van der Waals surface area (Å²) < 4.78 is 61.2. The third-order valence-electron chi connectivity index (χ3n) is 5.22. The monoisotopic (exact) mass is 498 g/mol. The Labute approximate surface area is 197 Å². The standard InChI is InChI=1S/C24H22N2O6S2/c1-3-32-24(27)23-17(2)26(34(30,31)20-12-8-5-9-13-20)22-15-14-18(16-21(22)23)25-33(28,29)19-10-6-4-7-11-19/h4-16,25H,3H2,1-2H3. The van der Waals surface area contributed by atoms with Crippen molar-refractivity contribution in [2.75, 3.05) is 11.3 Å². The van der Waals surface area contributed by atoms with Gasteiger partial charge < -0.3 is 4.74 Å². The van der Waals surface area contributed by atoms with E-state index in [9.17, 15) is 21.6 Å². The van der Waals surface area contributed by atoms with Crippen molar-refractivity contribution in [3.63, 3.8) is 0 Å². The first kappa shape index (κ1) is 23.5. The van der Waals surface area contributed by atoms with Crippen LogP contribution in [-0.2, 0) is 24.8 Å². The number of benzene rings is 3. The van der Waals surface area contributed by atoms with Crippen molar-refractivity contribution in [3.05, 3.63) is 90.1 Å². The number of aromatic nitrogens is 1. The average molecular weight is 499 g/mol. The Morgan fingerprint density at radius 1 is 0.882 bits per heavy atom. The Morgan fingerprint density at radius 3 is 2.06 bits per heavy atom. The maximum absolute atomic E-state index is 13.5. The Kier molecular flexibility index (Phi) is 6.20. The normalized spacial score (nSPS) is 11.9. The van der Waals surface area contributed by atoms with Gasteiger partial charge in [-0.1, -0.05) is 36.4 Å². The lowest BCUT2D eigenvalue weighted by Gasteiger charge is -2.11. The fraction of sp³-hybridized carbons (Fsp3) is 0.125. The number of sulfonamides is 1. The highest BCUT2D eigenvalue weighted by Gasteiger charge is 2.29. The Morgan fingerprint density at radius 2 is 1.47 bits per heavy atom. The molecule has 0 amide bonds. The molecule has 1 N–H and O–H groups in total. The van der Waals surface area contributed by atoms with E-state index in [-0.39, 0.29) is 44.2 Å². The smallest absolute Gasteiger partial charge is 0.340 e. The summed E-state index contributed by atoms with van der Waals surface area (Å²) in [6.45, 7) is 3.25. The van der Waals surface area contributed by atoms with Gasteiger partial charge in [-0.15, -0.1) is 0 Å². The summed E-state index contributed by atoms with van der Waals surface area (Å²) in [4.78, 5) is 12.9. The summed E-state index contributed by atoms with van der Waals surface area (Å²) in [5, 5.41) is 0.253. The number of ether oxygens (including phenoxy) is 1. The first-order chi connectivity index (χ1) is 16.2. The Hall–Kier alpha value is -3.63. The summed E-state index contributed by atoms with van der Waals surface area (Å²) >= 11 is 0. The first-order valence-electron chi connectivity index (χ1n) is 10.4. The number of hydrogen-bond donors (Lipinski definition) is 1. The number of carbonyl (C=O) groups excluding carboxylic acids is 1. The molecule has 34 heavy (non-hydrogen) atoms. The Balaban J connectivity index is 1.91. The molecule has 4 aromatic rings. The predicted molar refractivity (Wildman–Crippen MR) is 129 cm³/mol. The lowest BCUT2D eigenvalue weighted by atomic mass is 10.1. The highest BCUT2D eigenvalue weighted by Crippen LogP contribution is 2.33. The van der Waals surface area contributed by atoms with Crippen LogP contribution in [0.3, 0.4) is 0 Å². The van der Waals surface area contributed by atoms with Gasteiger partial charge in [0.1, 0.15) is 0 Å². The SMILES string of the molecule is CCOC(=O)c1c(C)n(S(=O)(=O)c2ccccc2)c2ccc(NS(=O)(=O)c3ccccc3)cc12. The number of fused-ring (bicyclic) bond motifs is 1. The molecule has 8 nitrogen and oxygen atoms in total. The van der Waals surface area contributed by atoms with Crippen molar-refractivity contribution in [2.24, 2.45) is 0 Å². The van der Waals surface area contributed by atoms with Gasteiger partial charge in [-0.2, -0.15) is 0 Å². The van der Waals surface area contributed by atoms with Crippen LogP contribution >= 0.6 is 0 Å². The van der Waals surface area contributed by atoms with Gasteiger partial charge in [0.2, 0.25) is 0 Å². The van der Waals surface area contributed by atoms with Crippen LogP contribution in [0, 0.1) is 6.92 Å². The number of carbonyl (C=O) groups is 1. The van der Waals surface area contributed by atoms with Crippen molar-refractivity contribution < 1.29 is 26.4 Å². The summed E-state index contributed by atoms with van der Waals surface area (Å²) in [6, 6.07) is 20.0. The summed E-state index contributed by atoms with van der Waals surface area (Å²) in [7, 11) is -7.94. The molecule has 1 heterocycles. The molecule has 0 atom stereocenters. The van der Waals surface area contributed by atoms with Gasteiger partial charge in [-0.25, -0.2) is 25.6 Å². The van der Waals surface area contributed by atoms with E-state index < -0.39 is 26.0 Å². The molecule has 0 bridgehead atoms. The van der Waals surface area contributed by atoms with E-state index in [1.54, 1.807) is 43.3 Å². The average Bonchev–Trinajstić information content (AvgIpc) is 3.12. The first-order valence-corrected chi connectivity index (χ1v) is 13.3. The van der Waals surface area contributed by atoms with E-state index in [1.807, 2.05) is 0 Å². The van der Waals surface area contributed by atoms with Crippen LogP contribution in [-0.4, -0.2) is 33.4 Å². The van der Waals surface area contributed by atoms with Crippen LogP contribution in [0.2, 0.25) is 0 Å². The zero-order valence-corrected chi connectivity index (χ0v) is 20.1. The summed E-state index contributed by atoms with van der Waals surface area (Å²) in [5.74, 6) is -0.699. The summed E-state index contributed by atoms with van der Waals surface area (Å²) in [5.41, 5.74) is 0.626. The van der Waals surface area contributed by atoms with Gasteiger partial charge in [0.05, 0.1) is 27.5 Å². The molecule has 3 aromatic carbocycles. The zero-order chi connectivity index (χ0) is 24.5. The molecular formula is C24H22N2O6S2. The molecule has 176 valence electrons. The maximum atomic E-state index is 13.5. The van der Waals surface area contributed by atoms with Crippen molar-refractivity contribution >= 4 is 42.6 Å². The maximum Gasteiger partial charge on any atom is 0.340 e. The number of nitrogens with zero attached hydrogens (tertiary/aromatic N) is 1. The van der Waals surface area contributed by atoms with Crippen molar-refractivity contribution in [1.82, 2.24) is 3.97 Å². The van der Waals surface area contributed by atoms with Crippen LogP contribution < -0.4 is 4.72 Å². The minimum absolute atomic E-state index is 0.0529. The van der Waals surface area contributed by atoms with E-state index in [0.717, 1.165) is 3.97 Å². The van der Waals surface area contributed by atoms with E-state index in [0.29, 0.717) is 0 Å². The highest BCUT2D eigenvalue weighted by atomic mass is 32.2. The van der Waals surface area contributed by atoms with Gasteiger partial charge in [-0.3, -0.25) is 4.72 Å². The molecule has 0 saturated heterocycles. The van der Waals surface area contributed by atoms with E-state index >= 15 is 0 Å². The fourth-order valence-electron chi connectivity index (χ4n) is 3.74. The zero-order valence-electron chi connectivity index (χ0n) is 18.4. The molecular weight excluding hydrogens is 476 g/mol. The predicted octanol–water partition coefficient (Wildman–Crippen LogP) is 4.16. The second kappa shape index (κ2) is 8.96. The number of esters is 1. The van der Waals surface area contributed by atoms with E-state index in [2.05, 4.69) is 4.72 Å². The summed E-state index contributed by atoms with van der Waals surface area (Å²) in [6.07, 6.45) is 0. The fourth-order valence-corrected chi connectivity index (χ4v) is 6.39. The molecule has 0 fully saturated rings. The van der Waals surface area contributed by atoms with Gasteiger partial charge in [0.25, 0.3) is 20.0 Å². The molecule has 10 heteroatoms. The van der Waals surface area contributed by atoms with Crippen molar-refractivity contribution in [1.29, 1.82) is 0 Å². The number of nitrogens with one attached hydrogen (secondary N) is 1. The minimum Gasteiger partial charge on any atom is -0.462 e. The van der Waals surface area contributed by atoms with Crippen LogP contribution in [0.1, 0.15) is 23.0 Å². The molecule has 0 aliphatic carbocycles. The number of rotatable bonds is 7. The van der Waals surface area contributed by atoms with E-state index in [4.69, 9.17) is 4.74 Å². The lowest BCUT2D eigenvalue weighted by Crippen LogP contribution is -2.15. The highest BCUT2D eigenvalue weighted by molar-refractivity contribution is 7.92. The Bertz CT molecular complexity index is 1580. The van der Waals surface area contributed by atoms with Gasteiger partial charge >= 0.3 is 5.97 Å². The quantitative estimate of drug-likeness (QED) is 0.383. The third kappa shape index (κ3) is 4.17. The minimum atomic E-state index is -4.04. The number of hydrogen-bond acceptors (Lipinski definition) is 6. The van der Waals surface area contributed by atoms with Crippen LogP contribution in [0.4, 0.5) is 5.69 Å². The molecule has 0 saturated carbocycles. The third-order valence-corrected chi connectivity index (χ3v) is 8.43. The molecule has 0 spiro atoms. The molecule has 0 radical (unpaired) electrons.